The molecule has 3 aromatic rings. The molecule has 0 atom stereocenters. The molecule has 9 heteroatoms. The van der Waals surface area contributed by atoms with Crippen LogP contribution in [0.15, 0.2) is 53.7 Å². The molecule has 0 bridgehead atoms. The van der Waals surface area contributed by atoms with Gasteiger partial charge in [-0.15, -0.1) is 10.2 Å². The topological polar surface area (TPSA) is 95.3 Å². The van der Waals surface area contributed by atoms with Gasteiger partial charge in [0.25, 0.3) is 0 Å². The van der Waals surface area contributed by atoms with E-state index in [1.807, 2.05) is 19.2 Å². The van der Waals surface area contributed by atoms with E-state index in [4.69, 9.17) is 9.47 Å². The predicted octanol–water partition coefficient (Wildman–Crippen LogP) is 4.03. The van der Waals surface area contributed by atoms with Gasteiger partial charge < -0.3 is 19.4 Å². The second kappa shape index (κ2) is 10.8. The van der Waals surface area contributed by atoms with Crippen molar-refractivity contribution in [2.45, 2.75) is 31.5 Å². The van der Waals surface area contributed by atoms with Crippen molar-refractivity contribution < 1.29 is 19.1 Å². The second-order valence-electron chi connectivity index (χ2n) is 7.38. The zero-order valence-electron chi connectivity index (χ0n) is 18.5. The number of nitrogens with zero attached hydrogens (tertiary/aromatic N) is 3. The van der Waals surface area contributed by atoms with Crippen molar-refractivity contribution >= 4 is 29.3 Å². The molecule has 0 radical (unpaired) electrons. The van der Waals surface area contributed by atoms with Gasteiger partial charge >= 0.3 is 5.97 Å². The first kappa shape index (κ1) is 23.3. The third kappa shape index (κ3) is 6.10. The van der Waals surface area contributed by atoms with Gasteiger partial charge in [-0.1, -0.05) is 43.8 Å². The largest absolute Gasteiger partial charge is 0.486 e. The van der Waals surface area contributed by atoms with E-state index < -0.39 is 5.97 Å². The van der Waals surface area contributed by atoms with Crippen molar-refractivity contribution in [1.82, 2.24) is 14.8 Å². The van der Waals surface area contributed by atoms with Crippen LogP contribution in [0.5, 0.6) is 5.75 Å². The van der Waals surface area contributed by atoms with Crippen LogP contribution >= 0.6 is 11.8 Å². The lowest BCUT2D eigenvalue weighted by atomic mass is 10.0. The molecule has 0 aliphatic carbocycles. The number of esters is 1. The number of benzene rings is 2. The fourth-order valence-electron chi connectivity index (χ4n) is 2.86. The predicted molar refractivity (Wildman–Crippen MR) is 123 cm³/mol. The van der Waals surface area contributed by atoms with Gasteiger partial charge in [0, 0.05) is 12.7 Å². The van der Waals surface area contributed by atoms with E-state index >= 15 is 0 Å². The Morgan fingerprint density at radius 3 is 2.56 bits per heavy atom. The summed E-state index contributed by atoms with van der Waals surface area (Å²) < 4.78 is 12.3. The molecule has 8 nitrogen and oxygen atoms in total. The van der Waals surface area contributed by atoms with E-state index in [2.05, 4.69) is 41.5 Å². The van der Waals surface area contributed by atoms with E-state index in [0.717, 1.165) is 5.75 Å². The molecule has 2 aromatic carbocycles. The van der Waals surface area contributed by atoms with Crippen molar-refractivity contribution in [1.29, 1.82) is 0 Å². The van der Waals surface area contributed by atoms with Crippen LogP contribution in [0.4, 0.5) is 5.69 Å². The maximum atomic E-state index is 12.3. The molecule has 0 aliphatic heterocycles. The Hall–Kier alpha value is -3.33. The number of carbonyl (C=O) groups is 2. The summed E-state index contributed by atoms with van der Waals surface area (Å²) >= 11 is 1.27. The third-order valence-electron chi connectivity index (χ3n) is 4.74. The highest BCUT2D eigenvalue weighted by Crippen LogP contribution is 2.21. The van der Waals surface area contributed by atoms with Crippen LogP contribution in [0.1, 0.15) is 41.5 Å². The van der Waals surface area contributed by atoms with Crippen LogP contribution in [0.3, 0.4) is 0 Å². The first-order chi connectivity index (χ1) is 15.4. The van der Waals surface area contributed by atoms with Crippen molar-refractivity contribution in [3.8, 4) is 5.75 Å². The van der Waals surface area contributed by atoms with E-state index in [1.54, 1.807) is 28.8 Å². The third-order valence-corrected chi connectivity index (χ3v) is 5.76. The Balaban J connectivity index is 1.52. The quantitative estimate of drug-likeness (QED) is 0.385. The minimum Gasteiger partial charge on any atom is -0.486 e. The molecule has 1 aromatic heterocycles. The number of ether oxygens (including phenoxy) is 2. The lowest BCUT2D eigenvalue weighted by Crippen LogP contribution is -2.15. The number of anilines is 1. The van der Waals surface area contributed by atoms with Crippen molar-refractivity contribution in [2.24, 2.45) is 7.05 Å². The van der Waals surface area contributed by atoms with Crippen molar-refractivity contribution in [3.63, 3.8) is 0 Å². The van der Waals surface area contributed by atoms with Crippen LogP contribution in [0.2, 0.25) is 0 Å². The summed E-state index contributed by atoms with van der Waals surface area (Å²) in [5.41, 5.74) is 2.15. The lowest BCUT2D eigenvalue weighted by molar-refractivity contribution is -0.113. The highest BCUT2D eigenvalue weighted by Gasteiger charge is 2.13. The second-order valence-corrected chi connectivity index (χ2v) is 8.32. The Morgan fingerprint density at radius 1 is 1.12 bits per heavy atom. The zero-order valence-corrected chi connectivity index (χ0v) is 19.3. The average Bonchev–Trinajstić information content (AvgIpc) is 3.15. The van der Waals surface area contributed by atoms with Gasteiger partial charge in [0.2, 0.25) is 5.91 Å². The molecule has 0 aliphatic rings. The molecule has 1 N–H and O–H groups in total. The normalized spacial score (nSPS) is 10.8. The van der Waals surface area contributed by atoms with E-state index in [9.17, 15) is 9.59 Å². The molecule has 3 rings (SSSR count). The highest BCUT2D eigenvalue weighted by molar-refractivity contribution is 7.99. The number of rotatable bonds is 9. The van der Waals surface area contributed by atoms with E-state index in [-0.39, 0.29) is 18.3 Å². The SMILES string of the molecule is COC(=O)c1cccc(NC(=O)CSc2nnc(COc3ccc(C(C)C)cc3)n2C)c1. The summed E-state index contributed by atoms with van der Waals surface area (Å²) in [6.07, 6.45) is 0. The van der Waals surface area contributed by atoms with E-state index in [1.165, 1.54) is 24.4 Å². The molecular formula is C23H26N4O4S. The van der Waals surface area contributed by atoms with Gasteiger partial charge in [0.05, 0.1) is 18.4 Å². The molecular weight excluding hydrogens is 428 g/mol. The van der Waals surface area contributed by atoms with Crippen LogP contribution in [-0.4, -0.2) is 39.5 Å². The zero-order chi connectivity index (χ0) is 23.1. The maximum Gasteiger partial charge on any atom is 0.337 e. The van der Waals surface area contributed by atoms with Crippen LogP contribution in [0, 0.1) is 0 Å². The Bertz CT molecular complexity index is 1080. The van der Waals surface area contributed by atoms with Gasteiger partial charge in [-0.2, -0.15) is 0 Å². The van der Waals surface area contributed by atoms with Crippen LogP contribution in [-0.2, 0) is 23.2 Å². The summed E-state index contributed by atoms with van der Waals surface area (Å²) in [5, 5.41) is 11.7. The summed E-state index contributed by atoms with van der Waals surface area (Å²) in [5.74, 6) is 1.36. The first-order valence-electron chi connectivity index (χ1n) is 10.1. The summed E-state index contributed by atoms with van der Waals surface area (Å²) in [6, 6.07) is 14.6. The molecule has 0 fully saturated rings. The highest BCUT2D eigenvalue weighted by atomic mass is 32.2. The molecule has 32 heavy (non-hydrogen) atoms. The Labute approximate surface area is 191 Å². The van der Waals surface area contributed by atoms with Crippen LogP contribution < -0.4 is 10.1 Å². The maximum absolute atomic E-state index is 12.3. The monoisotopic (exact) mass is 454 g/mol. The minimum absolute atomic E-state index is 0.145. The number of hydrogen-bond donors (Lipinski definition) is 1. The molecule has 168 valence electrons. The Morgan fingerprint density at radius 2 is 1.88 bits per heavy atom. The Kier molecular flexibility index (Phi) is 7.88. The lowest BCUT2D eigenvalue weighted by Gasteiger charge is -2.09. The summed E-state index contributed by atoms with van der Waals surface area (Å²) in [4.78, 5) is 23.9. The number of nitrogens with one attached hydrogen (secondary N) is 1. The summed E-state index contributed by atoms with van der Waals surface area (Å²) in [7, 11) is 3.15. The van der Waals surface area contributed by atoms with Crippen LogP contribution in [0.25, 0.3) is 0 Å². The van der Waals surface area contributed by atoms with E-state index in [0.29, 0.717) is 28.1 Å². The van der Waals surface area contributed by atoms with Crippen molar-refractivity contribution in [3.05, 3.63) is 65.5 Å². The standard InChI is InChI=1S/C23H26N4O4S/c1-15(2)16-8-10-19(11-9-16)31-13-20-25-26-23(27(20)3)32-14-21(28)24-18-7-5-6-17(12-18)22(29)30-4/h5-12,15H,13-14H2,1-4H3,(H,24,28). The number of methoxy groups -OCH3 is 1. The molecule has 0 saturated heterocycles. The number of hydrogen-bond acceptors (Lipinski definition) is 7. The number of thioether (sulfide) groups is 1. The number of carbonyl (C=O) groups excluding carboxylic acids is 2. The van der Waals surface area contributed by atoms with Gasteiger partial charge in [0.15, 0.2) is 11.0 Å². The van der Waals surface area contributed by atoms with Gasteiger partial charge in [-0.05, 0) is 41.8 Å². The molecule has 0 saturated carbocycles. The first-order valence-corrected chi connectivity index (χ1v) is 11.1. The molecule has 0 unspecified atom stereocenters. The summed E-state index contributed by atoms with van der Waals surface area (Å²) in [6.45, 7) is 4.57. The fraction of sp³-hybridized carbons (Fsp3) is 0.304. The average molecular weight is 455 g/mol. The molecule has 1 heterocycles. The van der Waals surface area contributed by atoms with Gasteiger partial charge in [-0.25, -0.2) is 4.79 Å². The number of aromatic nitrogens is 3. The fourth-order valence-corrected chi connectivity index (χ4v) is 3.59. The van der Waals surface area contributed by atoms with Gasteiger partial charge in [-0.3, -0.25) is 4.79 Å². The smallest absolute Gasteiger partial charge is 0.337 e. The molecule has 0 spiro atoms. The molecule has 1 amide bonds. The minimum atomic E-state index is -0.458. The number of amides is 1. The van der Waals surface area contributed by atoms with Gasteiger partial charge in [0.1, 0.15) is 12.4 Å². The van der Waals surface area contributed by atoms with Crippen molar-refractivity contribution in [2.75, 3.05) is 18.2 Å².